The van der Waals surface area contributed by atoms with E-state index in [9.17, 15) is 5.11 Å². The molecule has 2 fully saturated rings. The second-order valence-electron chi connectivity index (χ2n) is 8.85. The Morgan fingerprint density at radius 3 is 1.86 bits per heavy atom. The van der Waals surface area contributed by atoms with Gasteiger partial charge in [0.2, 0.25) is 0 Å². The molecule has 2 saturated heterocycles. The van der Waals surface area contributed by atoms with Crippen LogP contribution in [0.15, 0.2) is 42.5 Å². The quantitative estimate of drug-likeness (QED) is 0.807. The topological polar surface area (TPSA) is 57.2 Å². The summed E-state index contributed by atoms with van der Waals surface area (Å²) in [5, 5.41) is 10.5. The summed E-state index contributed by atoms with van der Waals surface area (Å²) in [4.78, 5) is 0. The largest absolute Gasteiger partial charge is 0.508 e. The fourth-order valence-electron chi connectivity index (χ4n) is 3.98. The van der Waals surface area contributed by atoms with E-state index in [1.165, 1.54) is 5.56 Å². The van der Waals surface area contributed by atoms with Gasteiger partial charge in [0.1, 0.15) is 5.75 Å². The first-order valence-corrected chi connectivity index (χ1v) is 10.2. The van der Waals surface area contributed by atoms with Crippen molar-refractivity contribution in [1.82, 2.24) is 0 Å². The van der Waals surface area contributed by atoms with Crippen LogP contribution in [0.25, 0.3) is 11.1 Å². The average Bonchev–Trinajstić information content (AvgIpc) is 3.18. The highest BCUT2D eigenvalue weighted by Gasteiger charge is 2.33. The van der Waals surface area contributed by atoms with Gasteiger partial charge in [-0.1, -0.05) is 36.4 Å². The molecule has 2 aliphatic rings. The van der Waals surface area contributed by atoms with Gasteiger partial charge < -0.3 is 24.1 Å². The van der Waals surface area contributed by atoms with Gasteiger partial charge in [-0.2, -0.15) is 0 Å². The van der Waals surface area contributed by atoms with Gasteiger partial charge in [-0.3, -0.25) is 0 Å². The van der Waals surface area contributed by atoms with Crippen molar-refractivity contribution in [1.29, 1.82) is 0 Å². The Morgan fingerprint density at radius 2 is 1.34 bits per heavy atom. The number of hydrogen-bond donors (Lipinski definition) is 1. The van der Waals surface area contributed by atoms with E-state index in [1.807, 2.05) is 45.9 Å². The van der Waals surface area contributed by atoms with Gasteiger partial charge in [-0.05, 0) is 56.0 Å². The van der Waals surface area contributed by atoms with Crippen molar-refractivity contribution in [2.75, 3.05) is 13.2 Å². The minimum absolute atomic E-state index is 0.0344. The van der Waals surface area contributed by atoms with E-state index in [-0.39, 0.29) is 12.2 Å². The smallest absolute Gasteiger partial charge is 0.163 e. The highest BCUT2D eigenvalue weighted by atomic mass is 16.7. The van der Waals surface area contributed by atoms with Crippen molar-refractivity contribution >= 4 is 0 Å². The molecule has 2 aliphatic heterocycles. The predicted molar refractivity (Wildman–Crippen MR) is 111 cm³/mol. The summed E-state index contributed by atoms with van der Waals surface area (Å²) in [5.74, 6) is -0.749. The van der Waals surface area contributed by atoms with E-state index in [1.54, 1.807) is 0 Å². The molecule has 2 heterocycles. The second-order valence-corrected chi connectivity index (χ2v) is 8.85. The molecule has 0 amide bonds. The number of phenolic OH excluding ortho intramolecular Hbond substituents is 1. The monoisotopic (exact) mass is 398 g/mol. The van der Waals surface area contributed by atoms with Crippen LogP contribution in [0.1, 0.15) is 38.8 Å². The van der Waals surface area contributed by atoms with Crippen LogP contribution in [0.3, 0.4) is 0 Å². The molecule has 0 spiro atoms. The van der Waals surface area contributed by atoms with Crippen molar-refractivity contribution in [2.45, 2.75) is 64.3 Å². The van der Waals surface area contributed by atoms with E-state index in [2.05, 4.69) is 24.3 Å². The molecule has 0 aromatic heterocycles. The molecule has 2 aromatic rings. The summed E-state index contributed by atoms with van der Waals surface area (Å²) >= 11 is 0. The van der Waals surface area contributed by atoms with E-state index in [0.29, 0.717) is 25.4 Å². The standard InChI is InChI=1S/C24H30O5/c1-23(2)26-14-20(28-23)11-16-5-7-17(8-6-16)18-9-10-19(22(25)13-18)12-21-15-27-24(3,4)29-21/h5-10,13,20-21,25H,11-12,14-15H2,1-4H3. The molecular weight excluding hydrogens is 368 g/mol. The zero-order valence-electron chi connectivity index (χ0n) is 17.6. The van der Waals surface area contributed by atoms with Gasteiger partial charge in [-0.15, -0.1) is 0 Å². The van der Waals surface area contributed by atoms with Crippen LogP contribution >= 0.6 is 0 Å². The zero-order chi connectivity index (χ0) is 20.6. The number of benzene rings is 2. The summed E-state index contributed by atoms with van der Waals surface area (Å²) in [6.45, 7) is 8.87. The van der Waals surface area contributed by atoms with E-state index in [0.717, 1.165) is 23.1 Å². The summed E-state index contributed by atoms with van der Waals surface area (Å²) in [5.41, 5.74) is 4.14. The first kappa shape index (κ1) is 20.4. The maximum Gasteiger partial charge on any atom is 0.163 e. The molecule has 2 atom stereocenters. The first-order chi connectivity index (χ1) is 13.7. The molecule has 5 nitrogen and oxygen atoms in total. The van der Waals surface area contributed by atoms with Crippen molar-refractivity contribution in [3.05, 3.63) is 53.6 Å². The average molecular weight is 398 g/mol. The van der Waals surface area contributed by atoms with Gasteiger partial charge in [0, 0.05) is 12.8 Å². The predicted octanol–water partition coefficient (Wildman–Crippen LogP) is 4.45. The number of ether oxygens (including phenoxy) is 4. The SMILES string of the molecule is CC1(C)OCC(Cc2ccc(-c3ccc(CC4COC(C)(C)O4)c(O)c3)cc2)O1. The Bertz CT molecular complexity index is 856. The van der Waals surface area contributed by atoms with Gasteiger partial charge >= 0.3 is 0 Å². The van der Waals surface area contributed by atoms with Crippen molar-refractivity contribution < 1.29 is 24.1 Å². The van der Waals surface area contributed by atoms with Crippen LogP contribution in [-0.4, -0.2) is 42.1 Å². The molecule has 0 radical (unpaired) electrons. The highest BCUT2D eigenvalue weighted by Crippen LogP contribution is 2.31. The summed E-state index contributed by atoms with van der Waals surface area (Å²) in [7, 11) is 0. The lowest BCUT2D eigenvalue weighted by Gasteiger charge is -2.17. The van der Waals surface area contributed by atoms with Gasteiger partial charge in [0.15, 0.2) is 11.6 Å². The van der Waals surface area contributed by atoms with Crippen LogP contribution in [-0.2, 0) is 31.8 Å². The number of aromatic hydroxyl groups is 1. The third-order valence-electron chi connectivity index (χ3n) is 5.42. The molecule has 2 unspecified atom stereocenters. The Hall–Kier alpha value is -1.92. The van der Waals surface area contributed by atoms with Crippen LogP contribution in [0, 0.1) is 0 Å². The molecule has 0 saturated carbocycles. The lowest BCUT2D eigenvalue weighted by Crippen LogP contribution is -2.22. The summed E-state index contributed by atoms with van der Waals surface area (Å²) in [6, 6.07) is 14.2. The third-order valence-corrected chi connectivity index (χ3v) is 5.42. The summed E-state index contributed by atoms with van der Waals surface area (Å²) in [6.07, 6.45) is 1.51. The molecule has 0 aliphatic carbocycles. The van der Waals surface area contributed by atoms with Crippen LogP contribution < -0.4 is 0 Å². The zero-order valence-corrected chi connectivity index (χ0v) is 17.6. The molecule has 4 rings (SSSR count). The lowest BCUT2D eigenvalue weighted by molar-refractivity contribution is -0.138. The Labute approximate surface area is 172 Å². The molecule has 29 heavy (non-hydrogen) atoms. The van der Waals surface area contributed by atoms with Crippen molar-refractivity contribution in [3.63, 3.8) is 0 Å². The van der Waals surface area contributed by atoms with E-state index >= 15 is 0 Å². The third kappa shape index (κ3) is 4.98. The van der Waals surface area contributed by atoms with E-state index in [4.69, 9.17) is 18.9 Å². The second kappa shape index (κ2) is 7.73. The van der Waals surface area contributed by atoms with Gasteiger partial charge in [-0.25, -0.2) is 0 Å². The molecule has 1 N–H and O–H groups in total. The molecule has 0 bridgehead atoms. The summed E-state index contributed by atoms with van der Waals surface area (Å²) < 4.78 is 23.0. The van der Waals surface area contributed by atoms with Gasteiger partial charge in [0.05, 0.1) is 25.4 Å². The number of hydrogen-bond acceptors (Lipinski definition) is 5. The fourth-order valence-corrected chi connectivity index (χ4v) is 3.98. The van der Waals surface area contributed by atoms with Crippen molar-refractivity contribution in [3.8, 4) is 16.9 Å². The minimum atomic E-state index is -0.548. The Morgan fingerprint density at radius 1 is 0.793 bits per heavy atom. The number of rotatable bonds is 5. The maximum absolute atomic E-state index is 10.5. The highest BCUT2D eigenvalue weighted by molar-refractivity contribution is 5.66. The van der Waals surface area contributed by atoms with Crippen LogP contribution in [0.2, 0.25) is 0 Å². The van der Waals surface area contributed by atoms with Crippen LogP contribution in [0.5, 0.6) is 5.75 Å². The lowest BCUT2D eigenvalue weighted by atomic mass is 9.98. The Balaban J connectivity index is 1.40. The normalized spacial score (nSPS) is 25.4. The van der Waals surface area contributed by atoms with E-state index < -0.39 is 11.6 Å². The first-order valence-electron chi connectivity index (χ1n) is 10.2. The molecule has 5 heteroatoms. The number of phenols is 1. The molecular formula is C24H30O5. The van der Waals surface area contributed by atoms with Crippen molar-refractivity contribution in [2.24, 2.45) is 0 Å². The fraction of sp³-hybridized carbons (Fsp3) is 0.500. The minimum Gasteiger partial charge on any atom is -0.508 e. The Kier molecular flexibility index (Phi) is 5.42. The van der Waals surface area contributed by atoms with Crippen LogP contribution in [0.4, 0.5) is 0 Å². The molecule has 2 aromatic carbocycles. The maximum atomic E-state index is 10.5. The van der Waals surface area contributed by atoms with Gasteiger partial charge in [0.25, 0.3) is 0 Å². The molecule has 156 valence electrons.